The number of likely N-dealkylation sites (tertiary alicyclic amines) is 2. The van der Waals surface area contributed by atoms with Crippen LogP contribution >= 0.6 is 0 Å². The monoisotopic (exact) mass is 347 g/mol. The number of hydrogen-bond donors (Lipinski definition) is 1. The third kappa shape index (κ3) is 4.82. The summed E-state index contributed by atoms with van der Waals surface area (Å²) in [4.78, 5) is 26.9. The zero-order chi connectivity index (χ0) is 17.9. The van der Waals surface area contributed by atoms with Crippen LogP contribution in [0, 0.1) is 12.3 Å². The van der Waals surface area contributed by atoms with E-state index in [1.54, 1.807) is 0 Å². The number of hydrogen-bond acceptors (Lipinski definition) is 4. The quantitative estimate of drug-likeness (QED) is 0.854. The number of aryl methyl sites for hydroxylation is 1. The van der Waals surface area contributed by atoms with Gasteiger partial charge >= 0.3 is 0 Å². The Morgan fingerprint density at radius 2 is 2.04 bits per heavy atom. The lowest BCUT2D eigenvalue weighted by Gasteiger charge is -2.47. The van der Waals surface area contributed by atoms with Gasteiger partial charge in [-0.3, -0.25) is 9.69 Å². The Morgan fingerprint density at radius 3 is 2.68 bits per heavy atom. The third-order valence-electron chi connectivity index (χ3n) is 5.83. The summed E-state index contributed by atoms with van der Waals surface area (Å²) < 4.78 is 0. The molecular formula is C19H33N5O. The highest BCUT2D eigenvalue weighted by Gasteiger charge is 2.40. The van der Waals surface area contributed by atoms with Crippen molar-refractivity contribution in [2.45, 2.75) is 45.6 Å². The first-order valence-electron chi connectivity index (χ1n) is 9.61. The van der Waals surface area contributed by atoms with E-state index < -0.39 is 0 Å². The third-order valence-corrected chi connectivity index (χ3v) is 5.83. The molecule has 1 amide bonds. The number of rotatable bonds is 6. The van der Waals surface area contributed by atoms with Gasteiger partial charge in [-0.1, -0.05) is 0 Å². The minimum absolute atomic E-state index is 0.349. The molecule has 2 aliphatic heterocycles. The molecule has 6 heteroatoms. The van der Waals surface area contributed by atoms with Crippen LogP contribution in [0.5, 0.6) is 0 Å². The van der Waals surface area contributed by atoms with Gasteiger partial charge in [0.15, 0.2) is 0 Å². The fourth-order valence-corrected chi connectivity index (χ4v) is 4.24. The Balaban J connectivity index is 1.50. The highest BCUT2D eigenvalue weighted by Crippen LogP contribution is 2.40. The molecule has 0 aliphatic carbocycles. The van der Waals surface area contributed by atoms with Crippen molar-refractivity contribution in [2.75, 3.05) is 46.8 Å². The highest BCUT2D eigenvalue weighted by molar-refractivity contribution is 5.77. The lowest BCUT2D eigenvalue weighted by molar-refractivity contribution is -0.139. The first kappa shape index (κ1) is 18.4. The van der Waals surface area contributed by atoms with E-state index in [-0.39, 0.29) is 0 Å². The lowest BCUT2D eigenvalue weighted by Crippen LogP contribution is -2.51. The maximum Gasteiger partial charge on any atom is 0.222 e. The Morgan fingerprint density at radius 1 is 1.28 bits per heavy atom. The van der Waals surface area contributed by atoms with Crippen LogP contribution in [-0.4, -0.2) is 77.4 Å². The zero-order valence-electron chi connectivity index (χ0n) is 16.1. The summed E-state index contributed by atoms with van der Waals surface area (Å²) in [5.74, 6) is 1.43. The molecule has 25 heavy (non-hydrogen) atoms. The zero-order valence-corrected chi connectivity index (χ0v) is 16.1. The molecule has 0 radical (unpaired) electrons. The standard InChI is InChI=1S/C19H33N5O/c1-16-13-20-17(21-16)14-23-11-7-19(8-12-23)6-5-18(25)24(15-19)10-4-9-22(2)3/h13H,4-12,14-15H2,1-3H3,(H,20,21). The molecule has 140 valence electrons. The Labute approximate surface area is 151 Å². The molecule has 2 fully saturated rings. The summed E-state index contributed by atoms with van der Waals surface area (Å²) in [5.41, 5.74) is 1.48. The normalized spacial score (nSPS) is 21.4. The minimum atomic E-state index is 0.349. The number of piperidine rings is 2. The predicted molar refractivity (Wildman–Crippen MR) is 99.3 cm³/mol. The molecule has 6 nitrogen and oxygen atoms in total. The number of H-pyrrole nitrogens is 1. The largest absolute Gasteiger partial charge is 0.345 e. The van der Waals surface area contributed by atoms with Crippen molar-refractivity contribution in [3.8, 4) is 0 Å². The number of aromatic amines is 1. The Hall–Kier alpha value is -1.40. The van der Waals surface area contributed by atoms with Crippen LogP contribution in [0.25, 0.3) is 0 Å². The molecule has 1 aromatic heterocycles. The van der Waals surface area contributed by atoms with Gasteiger partial charge in [0.25, 0.3) is 0 Å². The smallest absolute Gasteiger partial charge is 0.222 e. The van der Waals surface area contributed by atoms with Gasteiger partial charge in [-0.25, -0.2) is 4.98 Å². The fourth-order valence-electron chi connectivity index (χ4n) is 4.24. The van der Waals surface area contributed by atoms with Crippen LogP contribution < -0.4 is 0 Å². The number of imidazole rings is 1. The molecule has 0 unspecified atom stereocenters. The predicted octanol–water partition coefficient (Wildman–Crippen LogP) is 1.87. The van der Waals surface area contributed by atoms with E-state index >= 15 is 0 Å². The average molecular weight is 348 g/mol. The van der Waals surface area contributed by atoms with Crippen molar-refractivity contribution in [3.63, 3.8) is 0 Å². The Kier molecular flexibility index (Phi) is 5.79. The van der Waals surface area contributed by atoms with Crippen molar-refractivity contribution < 1.29 is 4.79 Å². The van der Waals surface area contributed by atoms with Crippen molar-refractivity contribution in [1.82, 2.24) is 24.7 Å². The number of amides is 1. The molecule has 1 spiro atoms. The SMILES string of the molecule is Cc1cnc(CN2CCC3(CCC(=O)N(CCCN(C)C)C3)CC2)[nH]1. The molecule has 3 rings (SSSR count). The van der Waals surface area contributed by atoms with Gasteiger partial charge in [0.05, 0.1) is 6.54 Å². The molecule has 0 saturated carbocycles. The van der Waals surface area contributed by atoms with Gasteiger partial charge in [0.1, 0.15) is 5.82 Å². The van der Waals surface area contributed by atoms with E-state index in [9.17, 15) is 4.79 Å². The van der Waals surface area contributed by atoms with Crippen molar-refractivity contribution >= 4 is 5.91 Å². The van der Waals surface area contributed by atoms with Gasteiger partial charge < -0.3 is 14.8 Å². The summed E-state index contributed by atoms with van der Waals surface area (Å²) >= 11 is 0. The van der Waals surface area contributed by atoms with Gasteiger partial charge in [-0.2, -0.15) is 0 Å². The molecule has 1 aromatic rings. The maximum absolute atomic E-state index is 12.3. The minimum Gasteiger partial charge on any atom is -0.345 e. The van der Waals surface area contributed by atoms with Crippen molar-refractivity contribution in [1.29, 1.82) is 0 Å². The number of aromatic nitrogens is 2. The van der Waals surface area contributed by atoms with Crippen LogP contribution in [0.4, 0.5) is 0 Å². The molecule has 2 aliphatic rings. The summed E-state index contributed by atoms with van der Waals surface area (Å²) in [6.07, 6.45) is 7.18. The number of nitrogens with zero attached hydrogens (tertiary/aromatic N) is 4. The van der Waals surface area contributed by atoms with Gasteiger partial charge in [-0.05, 0) is 71.8 Å². The van der Waals surface area contributed by atoms with Gasteiger partial charge in [0, 0.05) is 31.4 Å². The summed E-state index contributed by atoms with van der Waals surface area (Å²) in [5, 5.41) is 0. The average Bonchev–Trinajstić information content (AvgIpc) is 2.98. The molecule has 1 N–H and O–H groups in total. The van der Waals surface area contributed by atoms with E-state index in [0.717, 1.165) is 70.0 Å². The second-order valence-electron chi connectivity index (χ2n) is 8.26. The van der Waals surface area contributed by atoms with Gasteiger partial charge in [0.2, 0.25) is 5.91 Å². The van der Waals surface area contributed by atoms with Crippen LogP contribution in [0.15, 0.2) is 6.20 Å². The summed E-state index contributed by atoms with van der Waals surface area (Å²) in [6, 6.07) is 0. The number of carbonyl (C=O) groups excluding carboxylic acids is 1. The van der Waals surface area contributed by atoms with Crippen LogP contribution in [-0.2, 0) is 11.3 Å². The van der Waals surface area contributed by atoms with E-state index in [4.69, 9.17) is 0 Å². The number of carbonyl (C=O) groups is 1. The molecule has 0 atom stereocenters. The highest BCUT2D eigenvalue weighted by atomic mass is 16.2. The topological polar surface area (TPSA) is 55.5 Å². The first-order valence-corrected chi connectivity index (χ1v) is 9.61. The van der Waals surface area contributed by atoms with E-state index in [1.165, 1.54) is 12.8 Å². The molecule has 2 saturated heterocycles. The summed E-state index contributed by atoms with van der Waals surface area (Å²) in [6.45, 7) is 8.11. The Bertz CT molecular complexity index is 574. The maximum atomic E-state index is 12.3. The van der Waals surface area contributed by atoms with Crippen molar-refractivity contribution in [3.05, 3.63) is 17.7 Å². The second kappa shape index (κ2) is 7.87. The van der Waals surface area contributed by atoms with E-state index in [2.05, 4.69) is 38.8 Å². The van der Waals surface area contributed by atoms with Crippen LogP contribution in [0.2, 0.25) is 0 Å². The van der Waals surface area contributed by atoms with Crippen molar-refractivity contribution in [2.24, 2.45) is 5.41 Å². The fraction of sp³-hybridized carbons (Fsp3) is 0.789. The number of nitrogens with one attached hydrogen (secondary N) is 1. The van der Waals surface area contributed by atoms with Crippen LogP contribution in [0.1, 0.15) is 43.6 Å². The molecular weight excluding hydrogens is 314 g/mol. The van der Waals surface area contributed by atoms with Gasteiger partial charge in [-0.15, -0.1) is 0 Å². The molecule has 0 aromatic carbocycles. The lowest BCUT2D eigenvalue weighted by atomic mass is 9.72. The summed E-state index contributed by atoms with van der Waals surface area (Å²) in [7, 11) is 4.19. The van der Waals surface area contributed by atoms with Crippen LogP contribution in [0.3, 0.4) is 0 Å². The molecule has 0 bridgehead atoms. The first-order chi connectivity index (χ1) is 12.0. The van der Waals surface area contributed by atoms with E-state index in [1.807, 2.05) is 13.1 Å². The second-order valence-corrected chi connectivity index (χ2v) is 8.26. The van der Waals surface area contributed by atoms with E-state index in [0.29, 0.717) is 11.3 Å². The molecule has 3 heterocycles.